The second kappa shape index (κ2) is 5.93. The Morgan fingerprint density at radius 1 is 1.37 bits per heavy atom. The Labute approximate surface area is 124 Å². The van der Waals surface area contributed by atoms with Crippen LogP contribution in [-0.2, 0) is 0 Å². The van der Waals surface area contributed by atoms with E-state index in [1.807, 2.05) is 0 Å². The van der Waals surface area contributed by atoms with Crippen LogP contribution in [0.15, 0.2) is 37.2 Å². The first kappa shape index (κ1) is 13.7. The molecule has 1 aromatic carbocycles. The quantitative estimate of drug-likeness (QED) is 0.549. The van der Waals surface area contributed by atoms with Crippen LogP contribution >= 0.6 is 31.9 Å². The number of hydrogen-bond acceptors (Lipinski definition) is 6. The molecule has 19 heavy (non-hydrogen) atoms. The smallest absolute Gasteiger partial charge is 0.271 e. The van der Waals surface area contributed by atoms with E-state index >= 15 is 0 Å². The van der Waals surface area contributed by atoms with Gasteiger partial charge < -0.3 is 5.11 Å². The first-order valence-electron chi connectivity index (χ1n) is 4.95. The third-order valence-corrected chi connectivity index (χ3v) is 3.21. The summed E-state index contributed by atoms with van der Waals surface area (Å²) in [5.41, 5.74) is 2.89. The van der Waals surface area contributed by atoms with E-state index in [0.29, 0.717) is 8.95 Å². The lowest BCUT2D eigenvalue weighted by molar-refractivity contribution is 0.468. The van der Waals surface area contributed by atoms with Crippen LogP contribution in [0.1, 0.15) is 5.56 Å². The molecule has 0 fully saturated rings. The second-order valence-corrected chi connectivity index (χ2v) is 5.09. The van der Waals surface area contributed by atoms with E-state index in [1.165, 1.54) is 6.21 Å². The average Bonchev–Trinajstić information content (AvgIpc) is 2.36. The van der Waals surface area contributed by atoms with Crippen LogP contribution in [0.3, 0.4) is 0 Å². The van der Waals surface area contributed by atoms with Gasteiger partial charge in [0.1, 0.15) is 11.9 Å². The summed E-state index contributed by atoms with van der Waals surface area (Å²) in [5.74, 6) is 0.254. The molecule has 1 heterocycles. The molecule has 0 bridgehead atoms. The fourth-order valence-corrected chi connectivity index (χ4v) is 2.41. The molecular weight excluding hydrogens is 382 g/mol. The molecule has 0 atom stereocenters. The monoisotopic (exact) mass is 387 g/mol. The summed E-state index contributed by atoms with van der Waals surface area (Å²) in [6.45, 7) is 0. The molecule has 3 N–H and O–H groups in total. The zero-order chi connectivity index (χ0) is 13.8. The van der Waals surface area contributed by atoms with Crippen molar-refractivity contribution in [2.45, 2.75) is 0 Å². The first-order valence-corrected chi connectivity index (χ1v) is 6.54. The number of hydrazone groups is 1. The zero-order valence-electron chi connectivity index (χ0n) is 9.26. The van der Waals surface area contributed by atoms with Crippen molar-refractivity contribution >= 4 is 44.0 Å². The number of H-pyrrole nitrogens is 1. The maximum absolute atomic E-state index is 11.0. The van der Waals surface area contributed by atoms with Gasteiger partial charge in [0.05, 0.1) is 15.2 Å². The minimum atomic E-state index is -0.372. The number of aromatic nitrogens is 3. The molecule has 0 saturated carbocycles. The number of nitrogens with one attached hydrogen (secondary N) is 2. The van der Waals surface area contributed by atoms with Gasteiger partial charge >= 0.3 is 0 Å². The number of phenols is 1. The van der Waals surface area contributed by atoms with Crippen LogP contribution in [0, 0.1) is 0 Å². The number of benzene rings is 1. The van der Waals surface area contributed by atoms with Crippen LogP contribution in [0.5, 0.6) is 5.75 Å². The summed E-state index contributed by atoms with van der Waals surface area (Å²) in [7, 11) is 0. The van der Waals surface area contributed by atoms with E-state index in [0.717, 1.165) is 11.8 Å². The number of hydrogen-bond donors (Lipinski definition) is 3. The Hall–Kier alpha value is -1.74. The number of phenolic OH excluding ortho intramolecular Hbond substituents is 1. The standard InChI is InChI=1S/C10H7Br2N5O2/c11-6-1-5(2-7(12)9(6)19)3-13-16-10-15-8(18)4-14-17-10/h1-4,19H,(H2,15,16,17,18). The Bertz CT molecular complexity index is 663. The molecule has 0 unspecified atom stereocenters. The van der Waals surface area contributed by atoms with Gasteiger partial charge in [0.25, 0.3) is 5.56 Å². The highest BCUT2D eigenvalue weighted by molar-refractivity contribution is 9.11. The molecule has 2 aromatic rings. The van der Waals surface area contributed by atoms with E-state index in [1.54, 1.807) is 12.1 Å². The Morgan fingerprint density at radius 3 is 2.68 bits per heavy atom. The third-order valence-electron chi connectivity index (χ3n) is 2.00. The maximum atomic E-state index is 11.0. The summed E-state index contributed by atoms with van der Waals surface area (Å²) in [6.07, 6.45) is 2.56. The summed E-state index contributed by atoms with van der Waals surface area (Å²) in [4.78, 5) is 13.4. The zero-order valence-corrected chi connectivity index (χ0v) is 12.4. The van der Waals surface area contributed by atoms with Crippen LogP contribution < -0.4 is 11.0 Å². The summed E-state index contributed by atoms with van der Waals surface area (Å²) >= 11 is 6.42. The van der Waals surface area contributed by atoms with E-state index < -0.39 is 0 Å². The highest BCUT2D eigenvalue weighted by Gasteiger charge is 2.04. The number of aromatic amines is 1. The van der Waals surface area contributed by atoms with Gasteiger partial charge in [-0.3, -0.25) is 9.78 Å². The fourth-order valence-electron chi connectivity index (χ4n) is 1.19. The molecule has 1 aromatic heterocycles. The van der Waals surface area contributed by atoms with Crippen molar-refractivity contribution in [2.75, 3.05) is 5.43 Å². The number of aromatic hydroxyl groups is 1. The van der Waals surface area contributed by atoms with Crippen molar-refractivity contribution in [3.05, 3.63) is 43.2 Å². The molecule has 0 spiro atoms. The number of nitrogens with zero attached hydrogens (tertiary/aromatic N) is 3. The third kappa shape index (κ3) is 3.61. The molecular formula is C10H7Br2N5O2. The van der Waals surface area contributed by atoms with Crippen molar-refractivity contribution in [1.29, 1.82) is 0 Å². The van der Waals surface area contributed by atoms with Gasteiger partial charge in [-0.2, -0.15) is 5.10 Å². The summed E-state index contributed by atoms with van der Waals surface area (Å²) in [6, 6.07) is 3.37. The molecule has 9 heteroatoms. The number of halogens is 2. The van der Waals surface area contributed by atoms with Gasteiger partial charge in [-0.25, -0.2) is 5.43 Å². The predicted molar refractivity (Wildman–Crippen MR) is 77.4 cm³/mol. The highest BCUT2D eigenvalue weighted by Crippen LogP contribution is 2.32. The van der Waals surface area contributed by atoms with Gasteiger partial charge in [-0.05, 0) is 49.6 Å². The van der Waals surface area contributed by atoms with Crippen LogP contribution in [0.4, 0.5) is 5.95 Å². The van der Waals surface area contributed by atoms with Gasteiger partial charge in [-0.1, -0.05) is 0 Å². The number of anilines is 1. The fraction of sp³-hybridized carbons (Fsp3) is 0. The molecule has 0 aliphatic heterocycles. The largest absolute Gasteiger partial charge is 0.506 e. The lowest BCUT2D eigenvalue weighted by Gasteiger charge is -2.02. The lowest BCUT2D eigenvalue weighted by Crippen LogP contribution is -2.10. The van der Waals surface area contributed by atoms with Crippen LogP contribution in [0.2, 0.25) is 0 Å². The summed E-state index contributed by atoms with van der Waals surface area (Å²) in [5, 5.41) is 20.5. The van der Waals surface area contributed by atoms with Gasteiger partial charge in [0, 0.05) is 0 Å². The van der Waals surface area contributed by atoms with Gasteiger partial charge in [-0.15, -0.1) is 10.2 Å². The molecule has 0 aliphatic rings. The van der Waals surface area contributed by atoms with Crippen molar-refractivity contribution in [3.8, 4) is 5.75 Å². The Kier molecular flexibility index (Phi) is 4.27. The van der Waals surface area contributed by atoms with Gasteiger partial charge in [0.15, 0.2) is 0 Å². The molecule has 2 rings (SSSR count). The average molecular weight is 389 g/mol. The van der Waals surface area contributed by atoms with Crippen molar-refractivity contribution in [1.82, 2.24) is 15.2 Å². The minimum absolute atomic E-state index is 0.114. The topological polar surface area (TPSA) is 103 Å². The van der Waals surface area contributed by atoms with Crippen molar-refractivity contribution in [3.63, 3.8) is 0 Å². The van der Waals surface area contributed by atoms with E-state index in [4.69, 9.17) is 0 Å². The molecule has 0 amide bonds. The van der Waals surface area contributed by atoms with E-state index in [-0.39, 0.29) is 17.3 Å². The van der Waals surface area contributed by atoms with Crippen molar-refractivity contribution in [2.24, 2.45) is 5.10 Å². The Morgan fingerprint density at radius 2 is 2.05 bits per heavy atom. The van der Waals surface area contributed by atoms with E-state index in [9.17, 15) is 9.90 Å². The lowest BCUT2D eigenvalue weighted by atomic mass is 10.2. The highest BCUT2D eigenvalue weighted by atomic mass is 79.9. The Balaban J connectivity index is 2.13. The molecule has 0 saturated heterocycles. The first-order chi connectivity index (χ1) is 9.06. The molecule has 7 nitrogen and oxygen atoms in total. The normalized spacial score (nSPS) is 10.8. The predicted octanol–water partition coefficient (Wildman–Crippen LogP) is 1.84. The van der Waals surface area contributed by atoms with E-state index in [2.05, 4.69) is 57.6 Å². The van der Waals surface area contributed by atoms with Crippen LogP contribution in [-0.4, -0.2) is 26.5 Å². The molecule has 98 valence electrons. The molecule has 0 radical (unpaired) electrons. The second-order valence-electron chi connectivity index (χ2n) is 3.39. The molecule has 0 aliphatic carbocycles. The number of rotatable bonds is 3. The summed E-state index contributed by atoms with van der Waals surface area (Å²) < 4.78 is 1.08. The van der Waals surface area contributed by atoms with Gasteiger partial charge in [0.2, 0.25) is 5.95 Å². The van der Waals surface area contributed by atoms with Crippen LogP contribution in [0.25, 0.3) is 0 Å². The maximum Gasteiger partial charge on any atom is 0.271 e. The SMILES string of the molecule is O=c1cnnc(NN=Cc2cc(Br)c(O)c(Br)c2)[nH]1. The minimum Gasteiger partial charge on any atom is -0.506 e. The van der Waals surface area contributed by atoms with Crippen molar-refractivity contribution < 1.29 is 5.11 Å².